The van der Waals surface area contributed by atoms with Crippen LogP contribution in [-0.4, -0.2) is 52.9 Å². The van der Waals surface area contributed by atoms with Gasteiger partial charge in [0.05, 0.1) is 30.0 Å². The second kappa shape index (κ2) is 6.52. The minimum atomic E-state index is -0.393. The second-order valence-corrected chi connectivity index (χ2v) is 7.07. The van der Waals surface area contributed by atoms with Crippen LogP contribution in [0.1, 0.15) is 35.8 Å². The molecule has 0 saturated carbocycles. The Bertz CT molecular complexity index is 424. The molecule has 114 valence electrons. The summed E-state index contributed by atoms with van der Waals surface area (Å²) < 4.78 is 5.42. The minimum Gasteiger partial charge on any atom is -0.391 e. The topological polar surface area (TPSA) is 45.6 Å². The molecular formula is C15H26N2O2S. The first-order valence-electron chi connectivity index (χ1n) is 7.41. The van der Waals surface area contributed by atoms with Crippen LogP contribution in [0.15, 0.2) is 0 Å². The van der Waals surface area contributed by atoms with E-state index in [9.17, 15) is 5.11 Å². The number of aliphatic hydroxyl groups excluding tert-OH is 1. The van der Waals surface area contributed by atoms with Gasteiger partial charge in [-0.3, -0.25) is 4.90 Å². The van der Waals surface area contributed by atoms with E-state index in [-0.39, 0.29) is 5.54 Å². The average molecular weight is 298 g/mol. The zero-order valence-electron chi connectivity index (χ0n) is 13.0. The predicted molar refractivity (Wildman–Crippen MR) is 82.4 cm³/mol. The van der Waals surface area contributed by atoms with Crippen molar-refractivity contribution in [2.75, 3.05) is 26.3 Å². The standard InChI is InChI=1S/C15H26N2O2S/c1-5-15(4,17-6-8-19-9-7-17)13(18)10-14-16-11(2)12(3)20-14/h13,18H,5-10H2,1-4H3. The van der Waals surface area contributed by atoms with Crippen molar-refractivity contribution >= 4 is 11.3 Å². The third-order valence-electron chi connectivity index (χ3n) is 4.61. The highest BCUT2D eigenvalue weighted by Gasteiger charge is 2.38. The molecule has 0 aromatic carbocycles. The molecule has 5 heteroatoms. The van der Waals surface area contributed by atoms with Gasteiger partial charge in [-0.05, 0) is 27.2 Å². The Balaban J connectivity index is 2.09. The van der Waals surface area contributed by atoms with Crippen molar-refractivity contribution in [1.29, 1.82) is 0 Å². The Morgan fingerprint density at radius 1 is 1.40 bits per heavy atom. The van der Waals surface area contributed by atoms with Crippen molar-refractivity contribution in [3.8, 4) is 0 Å². The van der Waals surface area contributed by atoms with Crippen LogP contribution in [0.2, 0.25) is 0 Å². The van der Waals surface area contributed by atoms with Crippen molar-refractivity contribution in [3.05, 3.63) is 15.6 Å². The van der Waals surface area contributed by atoms with Gasteiger partial charge in [-0.2, -0.15) is 0 Å². The average Bonchev–Trinajstić information content (AvgIpc) is 2.77. The molecule has 1 aromatic rings. The van der Waals surface area contributed by atoms with Gasteiger partial charge in [0.1, 0.15) is 0 Å². The Kier molecular flexibility index (Phi) is 5.18. The predicted octanol–water partition coefficient (Wildman–Crippen LogP) is 2.16. The lowest BCUT2D eigenvalue weighted by Gasteiger charge is -2.45. The van der Waals surface area contributed by atoms with Gasteiger partial charge in [0.15, 0.2) is 0 Å². The number of aromatic nitrogens is 1. The monoisotopic (exact) mass is 298 g/mol. The molecule has 20 heavy (non-hydrogen) atoms. The molecule has 0 spiro atoms. The highest BCUT2D eigenvalue weighted by atomic mass is 32.1. The van der Waals surface area contributed by atoms with Crippen molar-refractivity contribution in [1.82, 2.24) is 9.88 Å². The number of hydrogen-bond donors (Lipinski definition) is 1. The Labute approximate surface area is 125 Å². The lowest BCUT2D eigenvalue weighted by atomic mass is 9.87. The lowest BCUT2D eigenvalue weighted by Crippen LogP contribution is -2.58. The molecule has 1 aromatic heterocycles. The fourth-order valence-electron chi connectivity index (χ4n) is 2.76. The van der Waals surface area contributed by atoms with Crippen LogP contribution < -0.4 is 0 Å². The number of ether oxygens (including phenoxy) is 1. The number of aryl methyl sites for hydroxylation is 2. The lowest BCUT2D eigenvalue weighted by molar-refractivity contribution is -0.0714. The van der Waals surface area contributed by atoms with Crippen LogP contribution in [-0.2, 0) is 11.2 Å². The van der Waals surface area contributed by atoms with Gasteiger partial charge < -0.3 is 9.84 Å². The van der Waals surface area contributed by atoms with Gasteiger partial charge in [-0.15, -0.1) is 11.3 Å². The third kappa shape index (κ3) is 3.22. The number of rotatable bonds is 5. The molecule has 1 aliphatic rings. The fraction of sp³-hybridized carbons (Fsp3) is 0.800. The van der Waals surface area contributed by atoms with E-state index in [1.807, 2.05) is 6.92 Å². The number of hydrogen-bond acceptors (Lipinski definition) is 5. The molecular weight excluding hydrogens is 272 g/mol. The summed E-state index contributed by atoms with van der Waals surface area (Å²) in [7, 11) is 0. The van der Waals surface area contributed by atoms with Crippen LogP contribution >= 0.6 is 11.3 Å². The van der Waals surface area contributed by atoms with Gasteiger partial charge in [-0.25, -0.2) is 4.98 Å². The molecule has 0 amide bonds. The maximum Gasteiger partial charge on any atom is 0.0957 e. The number of morpholine rings is 1. The quantitative estimate of drug-likeness (QED) is 0.905. The van der Waals surface area contributed by atoms with E-state index in [0.29, 0.717) is 6.42 Å². The Hall–Kier alpha value is -0.490. The molecule has 1 aliphatic heterocycles. The summed E-state index contributed by atoms with van der Waals surface area (Å²) in [5, 5.41) is 11.8. The van der Waals surface area contributed by atoms with Gasteiger partial charge in [0.25, 0.3) is 0 Å². The van der Waals surface area contributed by atoms with Crippen LogP contribution in [0.5, 0.6) is 0 Å². The summed E-state index contributed by atoms with van der Waals surface area (Å²) in [6.07, 6.45) is 1.17. The normalized spacial score (nSPS) is 21.6. The molecule has 1 fully saturated rings. The largest absolute Gasteiger partial charge is 0.391 e. The van der Waals surface area contributed by atoms with Gasteiger partial charge in [-0.1, -0.05) is 6.92 Å². The van der Waals surface area contributed by atoms with E-state index >= 15 is 0 Å². The van der Waals surface area contributed by atoms with Gasteiger partial charge in [0.2, 0.25) is 0 Å². The first kappa shape index (κ1) is 15.9. The Morgan fingerprint density at radius 3 is 2.55 bits per heavy atom. The number of nitrogens with zero attached hydrogens (tertiary/aromatic N) is 2. The first-order chi connectivity index (χ1) is 9.47. The summed E-state index contributed by atoms with van der Waals surface area (Å²) in [5.41, 5.74) is 0.888. The SMILES string of the molecule is CCC(C)(C(O)Cc1nc(C)c(C)s1)N1CCOCC1. The maximum absolute atomic E-state index is 10.8. The van der Waals surface area contributed by atoms with E-state index in [1.54, 1.807) is 11.3 Å². The highest BCUT2D eigenvalue weighted by Crippen LogP contribution is 2.28. The Morgan fingerprint density at radius 2 is 2.05 bits per heavy atom. The van der Waals surface area contributed by atoms with Crippen LogP contribution in [0.25, 0.3) is 0 Å². The second-order valence-electron chi connectivity index (χ2n) is 5.78. The van der Waals surface area contributed by atoms with Crippen LogP contribution in [0.3, 0.4) is 0 Å². The van der Waals surface area contributed by atoms with Crippen molar-refractivity contribution in [3.63, 3.8) is 0 Å². The van der Waals surface area contributed by atoms with Crippen molar-refractivity contribution < 1.29 is 9.84 Å². The summed E-state index contributed by atoms with van der Waals surface area (Å²) in [6.45, 7) is 11.8. The summed E-state index contributed by atoms with van der Waals surface area (Å²) in [5.74, 6) is 0. The van der Waals surface area contributed by atoms with E-state index in [0.717, 1.165) is 43.4 Å². The third-order valence-corrected chi connectivity index (χ3v) is 5.70. The molecule has 2 atom stereocenters. The van der Waals surface area contributed by atoms with Gasteiger partial charge in [0, 0.05) is 29.9 Å². The first-order valence-corrected chi connectivity index (χ1v) is 8.22. The zero-order valence-corrected chi connectivity index (χ0v) is 13.8. The van der Waals surface area contributed by atoms with Crippen LogP contribution in [0, 0.1) is 13.8 Å². The van der Waals surface area contributed by atoms with E-state index < -0.39 is 6.10 Å². The summed E-state index contributed by atoms with van der Waals surface area (Å²) in [4.78, 5) is 8.17. The smallest absolute Gasteiger partial charge is 0.0957 e. The minimum absolute atomic E-state index is 0.197. The molecule has 0 aliphatic carbocycles. The molecule has 2 unspecified atom stereocenters. The van der Waals surface area contributed by atoms with E-state index in [2.05, 4.69) is 30.7 Å². The molecule has 2 rings (SSSR count). The van der Waals surface area contributed by atoms with E-state index in [4.69, 9.17) is 4.74 Å². The zero-order chi connectivity index (χ0) is 14.8. The highest BCUT2D eigenvalue weighted by molar-refractivity contribution is 7.11. The summed E-state index contributed by atoms with van der Waals surface area (Å²) >= 11 is 1.70. The van der Waals surface area contributed by atoms with Crippen molar-refractivity contribution in [2.45, 2.75) is 52.2 Å². The molecule has 1 N–H and O–H groups in total. The van der Waals surface area contributed by atoms with E-state index in [1.165, 1.54) is 4.88 Å². The molecule has 2 heterocycles. The van der Waals surface area contributed by atoms with Gasteiger partial charge >= 0.3 is 0 Å². The van der Waals surface area contributed by atoms with Crippen LogP contribution in [0.4, 0.5) is 0 Å². The maximum atomic E-state index is 10.8. The molecule has 4 nitrogen and oxygen atoms in total. The molecule has 1 saturated heterocycles. The summed E-state index contributed by atoms with van der Waals surface area (Å²) in [6, 6.07) is 0. The number of aliphatic hydroxyl groups is 1. The molecule has 0 bridgehead atoms. The number of thiazole rings is 1. The molecule has 0 radical (unpaired) electrons. The van der Waals surface area contributed by atoms with Crippen molar-refractivity contribution in [2.24, 2.45) is 0 Å². The fourth-order valence-corrected chi connectivity index (χ4v) is 3.73.